The summed E-state index contributed by atoms with van der Waals surface area (Å²) < 4.78 is 20.7. The number of benzene rings is 1. The van der Waals surface area contributed by atoms with Crippen molar-refractivity contribution in [3.8, 4) is 0 Å². The number of rotatable bonds is 12. The van der Waals surface area contributed by atoms with Gasteiger partial charge >= 0.3 is 9.05 Å². The molecule has 0 aliphatic carbocycles. The lowest BCUT2D eigenvalue weighted by Gasteiger charge is -2.22. The predicted octanol–water partition coefficient (Wildman–Crippen LogP) is 3.01. The Morgan fingerprint density at radius 3 is 1.77 bits per heavy atom. The zero-order chi connectivity index (χ0) is 16.1. The molecular weight excluding hydrogens is 308 g/mol. The van der Waals surface area contributed by atoms with Crippen LogP contribution < -0.4 is 0 Å². The molecule has 8 heteroatoms. The van der Waals surface area contributed by atoms with Gasteiger partial charge in [-0.25, -0.2) is 14.7 Å². The summed E-state index contributed by atoms with van der Waals surface area (Å²) in [7, 11) is -3.77. The van der Waals surface area contributed by atoms with Crippen molar-refractivity contribution in [3.05, 3.63) is 42.2 Å². The third-order valence-electron chi connectivity index (χ3n) is 2.11. The molecule has 0 atom stereocenters. The number of hydrogen-bond donors (Lipinski definition) is 0. The summed E-state index contributed by atoms with van der Waals surface area (Å²) in [5.74, 6) is 0. The molecule has 0 aromatic heterocycles. The van der Waals surface area contributed by atoms with Crippen molar-refractivity contribution in [2.45, 2.75) is 20.8 Å². The van der Waals surface area contributed by atoms with E-state index in [4.69, 9.17) is 32.8 Å². The Morgan fingerprint density at radius 1 is 0.818 bits per heavy atom. The van der Waals surface area contributed by atoms with E-state index in [9.17, 15) is 0 Å². The SMILES string of the molecule is CCOO[Si](OC=Cc1ccccc1)(OOCC)OOCC. The Hall–Kier alpha value is -1.26. The van der Waals surface area contributed by atoms with E-state index in [0.717, 1.165) is 5.56 Å². The highest BCUT2D eigenvalue weighted by Crippen LogP contribution is 2.15. The Bertz CT molecular complexity index is 391. The van der Waals surface area contributed by atoms with Crippen molar-refractivity contribution in [1.29, 1.82) is 0 Å². The first-order valence-corrected chi connectivity index (χ1v) is 8.71. The van der Waals surface area contributed by atoms with E-state index in [2.05, 4.69) is 0 Å². The van der Waals surface area contributed by atoms with E-state index in [0.29, 0.717) is 0 Å². The third kappa shape index (κ3) is 7.14. The zero-order valence-corrected chi connectivity index (χ0v) is 14.0. The van der Waals surface area contributed by atoms with Crippen molar-refractivity contribution in [2.75, 3.05) is 19.8 Å². The van der Waals surface area contributed by atoms with Crippen molar-refractivity contribution < 1.29 is 32.8 Å². The molecule has 0 unspecified atom stereocenters. The summed E-state index contributed by atoms with van der Waals surface area (Å²) in [6.45, 7) is 6.10. The standard InChI is InChI=1S/C14H22O7Si/c1-4-15-19-22(20-16-5-2,21-17-6-3)18-13-12-14-10-8-7-9-11-14/h7-13H,4-6H2,1-3H3. The van der Waals surface area contributed by atoms with Crippen LogP contribution in [0.2, 0.25) is 0 Å². The van der Waals surface area contributed by atoms with Crippen molar-refractivity contribution in [1.82, 2.24) is 0 Å². The Balaban J connectivity index is 2.73. The molecule has 0 fully saturated rings. The van der Waals surface area contributed by atoms with E-state index in [1.165, 1.54) is 6.26 Å². The molecule has 0 saturated carbocycles. The van der Waals surface area contributed by atoms with Crippen LogP contribution in [-0.2, 0) is 32.8 Å². The minimum Gasteiger partial charge on any atom is -0.483 e. The maximum Gasteiger partial charge on any atom is 0.834 e. The highest BCUT2D eigenvalue weighted by molar-refractivity contribution is 6.52. The lowest BCUT2D eigenvalue weighted by molar-refractivity contribution is -0.381. The lowest BCUT2D eigenvalue weighted by Crippen LogP contribution is -2.48. The molecule has 0 bridgehead atoms. The van der Waals surface area contributed by atoms with Gasteiger partial charge in [0.25, 0.3) is 0 Å². The van der Waals surface area contributed by atoms with Crippen molar-refractivity contribution in [3.63, 3.8) is 0 Å². The van der Waals surface area contributed by atoms with Crippen LogP contribution in [0.4, 0.5) is 0 Å². The molecule has 22 heavy (non-hydrogen) atoms. The Morgan fingerprint density at radius 2 is 1.32 bits per heavy atom. The largest absolute Gasteiger partial charge is 0.834 e. The number of hydrogen-bond acceptors (Lipinski definition) is 7. The topological polar surface area (TPSA) is 64.6 Å². The van der Waals surface area contributed by atoms with Crippen molar-refractivity contribution in [2.24, 2.45) is 0 Å². The normalized spacial score (nSPS) is 12.0. The summed E-state index contributed by atoms with van der Waals surface area (Å²) >= 11 is 0. The summed E-state index contributed by atoms with van der Waals surface area (Å²) in [6, 6.07) is 9.58. The molecule has 1 rings (SSSR count). The van der Waals surface area contributed by atoms with Gasteiger partial charge in [0.2, 0.25) is 0 Å². The summed E-state index contributed by atoms with van der Waals surface area (Å²) in [5.41, 5.74) is 0.939. The molecule has 0 spiro atoms. The molecule has 0 heterocycles. The van der Waals surface area contributed by atoms with Gasteiger partial charge in [0.05, 0.1) is 26.1 Å². The van der Waals surface area contributed by atoms with Gasteiger partial charge in [0, 0.05) is 0 Å². The molecule has 0 saturated heterocycles. The lowest BCUT2D eigenvalue weighted by atomic mass is 10.2. The molecule has 0 aliphatic heterocycles. The third-order valence-corrected chi connectivity index (χ3v) is 3.50. The summed E-state index contributed by atoms with van der Waals surface area (Å²) in [4.78, 5) is 14.7. The van der Waals surface area contributed by atoms with Crippen LogP contribution in [-0.4, -0.2) is 28.9 Å². The van der Waals surface area contributed by atoms with Crippen LogP contribution >= 0.6 is 0 Å². The predicted molar refractivity (Wildman–Crippen MR) is 80.4 cm³/mol. The van der Waals surface area contributed by atoms with Crippen molar-refractivity contribution >= 4 is 15.1 Å². The second-order valence-electron chi connectivity index (χ2n) is 3.80. The van der Waals surface area contributed by atoms with E-state index in [-0.39, 0.29) is 19.8 Å². The van der Waals surface area contributed by atoms with Crippen LogP contribution in [0.25, 0.3) is 6.08 Å². The fourth-order valence-corrected chi connectivity index (χ4v) is 2.48. The zero-order valence-electron chi connectivity index (χ0n) is 13.0. The quantitative estimate of drug-likeness (QED) is 0.253. The van der Waals surface area contributed by atoms with Gasteiger partial charge in [-0.05, 0) is 32.4 Å². The smallest absolute Gasteiger partial charge is 0.483 e. The molecule has 1 aromatic carbocycles. The second-order valence-corrected chi connectivity index (χ2v) is 5.54. The summed E-state index contributed by atoms with van der Waals surface area (Å²) in [6.07, 6.45) is 3.11. The molecule has 0 amide bonds. The molecule has 0 radical (unpaired) electrons. The van der Waals surface area contributed by atoms with Gasteiger partial charge in [-0.3, -0.25) is 0 Å². The van der Waals surface area contributed by atoms with Crippen LogP contribution in [0.15, 0.2) is 36.6 Å². The van der Waals surface area contributed by atoms with Crippen LogP contribution in [0.5, 0.6) is 0 Å². The van der Waals surface area contributed by atoms with Gasteiger partial charge < -0.3 is 4.43 Å². The average molecular weight is 330 g/mol. The van der Waals surface area contributed by atoms with Crippen LogP contribution in [0, 0.1) is 0 Å². The second kappa shape index (κ2) is 11.3. The highest BCUT2D eigenvalue weighted by atomic mass is 28.4. The first-order valence-electron chi connectivity index (χ1n) is 7.07. The highest BCUT2D eigenvalue weighted by Gasteiger charge is 2.54. The van der Waals surface area contributed by atoms with Gasteiger partial charge in [0.1, 0.15) is 0 Å². The first-order chi connectivity index (χ1) is 10.8. The Kier molecular flexibility index (Phi) is 9.67. The maximum atomic E-state index is 5.46. The fourth-order valence-electron chi connectivity index (χ4n) is 1.25. The maximum absolute atomic E-state index is 5.46. The minimum absolute atomic E-state index is 0.283. The van der Waals surface area contributed by atoms with Gasteiger partial charge in [0.15, 0.2) is 0 Å². The van der Waals surface area contributed by atoms with Crippen LogP contribution in [0.3, 0.4) is 0 Å². The Labute approximate surface area is 131 Å². The fraction of sp³-hybridized carbons (Fsp3) is 0.429. The van der Waals surface area contributed by atoms with Gasteiger partial charge in [-0.15, -0.1) is 0 Å². The van der Waals surface area contributed by atoms with E-state index >= 15 is 0 Å². The molecule has 124 valence electrons. The summed E-state index contributed by atoms with van der Waals surface area (Å²) in [5, 5.41) is 0. The average Bonchev–Trinajstić information content (AvgIpc) is 2.57. The monoisotopic (exact) mass is 330 g/mol. The van der Waals surface area contributed by atoms with Gasteiger partial charge in [-0.2, -0.15) is 13.7 Å². The van der Waals surface area contributed by atoms with E-state index in [1.807, 2.05) is 30.3 Å². The first kappa shape index (κ1) is 18.8. The van der Waals surface area contributed by atoms with E-state index < -0.39 is 9.05 Å². The van der Waals surface area contributed by atoms with E-state index in [1.54, 1.807) is 26.8 Å². The molecule has 1 aromatic rings. The molecule has 7 nitrogen and oxygen atoms in total. The van der Waals surface area contributed by atoms with Gasteiger partial charge in [-0.1, -0.05) is 30.3 Å². The van der Waals surface area contributed by atoms with Crippen LogP contribution in [0.1, 0.15) is 26.3 Å². The molecular formula is C14H22O7Si. The molecule has 0 aliphatic rings. The molecule has 0 N–H and O–H groups in total. The minimum atomic E-state index is -3.77.